The van der Waals surface area contributed by atoms with Gasteiger partial charge in [-0.1, -0.05) is 29.3 Å². The molecule has 0 radical (unpaired) electrons. The zero-order chi connectivity index (χ0) is 18.3. The van der Waals surface area contributed by atoms with Crippen molar-refractivity contribution in [1.82, 2.24) is 4.98 Å². The molecule has 2 aromatic rings. The topological polar surface area (TPSA) is 86.5 Å². The molecule has 25 heavy (non-hydrogen) atoms. The number of pyridine rings is 1. The van der Waals surface area contributed by atoms with Crippen LogP contribution >= 0.6 is 23.2 Å². The fourth-order valence-electron chi connectivity index (χ4n) is 2.96. The van der Waals surface area contributed by atoms with E-state index in [0.717, 1.165) is 22.3 Å². The molecule has 1 aliphatic rings. The van der Waals surface area contributed by atoms with Gasteiger partial charge in [-0.25, -0.2) is 4.98 Å². The number of rotatable bonds is 1. The molecule has 0 spiro atoms. The van der Waals surface area contributed by atoms with Gasteiger partial charge in [0.25, 0.3) is 0 Å². The quantitative estimate of drug-likeness (QED) is 0.768. The minimum atomic E-state index is 0.134. The van der Waals surface area contributed by atoms with Crippen molar-refractivity contribution in [3.05, 3.63) is 61.8 Å². The van der Waals surface area contributed by atoms with Crippen molar-refractivity contribution in [2.75, 3.05) is 5.73 Å². The second-order valence-electron chi connectivity index (χ2n) is 5.68. The van der Waals surface area contributed by atoms with E-state index < -0.39 is 0 Å². The number of fused-ring (bicyclic) bond motifs is 1. The van der Waals surface area contributed by atoms with Gasteiger partial charge < -0.3 is 5.73 Å². The molecule has 3 rings (SSSR count). The lowest BCUT2D eigenvalue weighted by atomic mass is 9.95. The Hall–Kier alpha value is -2.79. The van der Waals surface area contributed by atoms with Gasteiger partial charge in [-0.3, -0.25) is 0 Å². The van der Waals surface area contributed by atoms with Gasteiger partial charge in [0, 0.05) is 5.56 Å². The van der Waals surface area contributed by atoms with E-state index in [1.165, 1.54) is 0 Å². The molecular formula is C19H12Cl2N4. The SMILES string of the molecule is CC1=C(C#N)c2nc(N)c(C#N)c(C)c2C1=Cc1ccc(Cl)c(Cl)c1. The van der Waals surface area contributed by atoms with Crippen molar-refractivity contribution in [1.29, 1.82) is 10.5 Å². The fourth-order valence-corrected chi connectivity index (χ4v) is 3.27. The van der Waals surface area contributed by atoms with E-state index in [4.69, 9.17) is 28.9 Å². The number of hydrogen-bond acceptors (Lipinski definition) is 4. The monoisotopic (exact) mass is 366 g/mol. The molecule has 1 aliphatic carbocycles. The third kappa shape index (κ3) is 2.66. The van der Waals surface area contributed by atoms with Crippen molar-refractivity contribution in [3.8, 4) is 12.1 Å². The highest BCUT2D eigenvalue weighted by molar-refractivity contribution is 6.42. The van der Waals surface area contributed by atoms with Gasteiger partial charge in [0.15, 0.2) is 0 Å². The maximum atomic E-state index is 9.54. The van der Waals surface area contributed by atoms with Crippen LogP contribution in [-0.4, -0.2) is 4.98 Å². The van der Waals surface area contributed by atoms with E-state index >= 15 is 0 Å². The second kappa shape index (κ2) is 6.26. The van der Waals surface area contributed by atoms with Crippen LogP contribution in [0.25, 0.3) is 17.2 Å². The highest BCUT2D eigenvalue weighted by Gasteiger charge is 2.29. The van der Waals surface area contributed by atoms with Gasteiger partial charge >= 0.3 is 0 Å². The average Bonchev–Trinajstić information content (AvgIpc) is 2.83. The normalized spacial score (nSPS) is 14.4. The van der Waals surface area contributed by atoms with Crippen LogP contribution in [0, 0.1) is 29.6 Å². The largest absolute Gasteiger partial charge is 0.383 e. The van der Waals surface area contributed by atoms with Gasteiger partial charge in [0.2, 0.25) is 0 Å². The van der Waals surface area contributed by atoms with Crippen LogP contribution in [0.1, 0.15) is 34.9 Å². The number of anilines is 1. The number of aromatic nitrogens is 1. The van der Waals surface area contributed by atoms with Gasteiger partial charge in [0.05, 0.1) is 26.9 Å². The summed E-state index contributed by atoms with van der Waals surface area (Å²) in [5.74, 6) is 0.134. The first kappa shape index (κ1) is 17.0. The Kier molecular flexibility index (Phi) is 4.27. The Morgan fingerprint density at radius 1 is 1.12 bits per heavy atom. The van der Waals surface area contributed by atoms with Crippen molar-refractivity contribution in [2.45, 2.75) is 13.8 Å². The Bertz CT molecular complexity index is 1070. The van der Waals surface area contributed by atoms with Gasteiger partial charge in [-0.2, -0.15) is 10.5 Å². The number of benzene rings is 1. The molecule has 0 unspecified atom stereocenters. The molecule has 4 nitrogen and oxygen atoms in total. The Labute approximate surface area is 155 Å². The number of nitriles is 2. The van der Waals surface area contributed by atoms with Crippen LogP contribution in [0.2, 0.25) is 10.0 Å². The number of nitrogens with two attached hydrogens (primary N) is 1. The number of allylic oxidation sites excluding steroid dienone is 3. The standard InChI is InChI=1S/C19H12Cl2N4/c1-9-12(5-11-3-4-15(20)16(21)6-11)17-10(2)14(8-23)19(24)25-18(17)13(9)7-22/h3-6H,1-2H3,(H2,24,25). The molecule has 6 heteroatoms. The molecule has 1 heterocycles. The summed E-state index contributed by atoms with van der Waals surface area (Å²) in [6.07, 6.45) is 1.91. The van der Waals surface area contributed by atoms with E-state index in [1.54, 1.807) is 12.1 Å². The molecule has 0 bridgehead atoms. The van der Waals surface area contributed by atoms with Crippen LogP contribution in [0.4, 0.5) is 5.82 Å². The molecule has 1 aromatic heterocycles. The maximum Gasteiger partial charge on any atom is 0.142 e. The maximum absolute atomic E-state index is 9.54. The average molecular weight is 367 g/mol. The lowest BCUT2D eigenvalue weighted by molar-refractivity contribution is 1.22. The summed E-state index contributed by atoms with van der Waals surface area (Å²) in [4.78, 5) is 4.30. The fraction of sp³-hybridized carbons (Fsp3) is 0.105. The van der Waals surface area contributed by atoms with Crippen LogP contribution in [0.5, 0.6) is 0 Å². The minimum absolute atomic E-state index is 0.134. The third-order valence-corrected chi connectivity index (χ3v) is 4.98. The van der Waals surface area contributed by atoms with E-state index in [1.807, 2.05) is 26.0 Å². The third-order valence-electron chi connectivity index (χ3n) is 4.24. The summed E-state index contributed by atoms with van der Waals surface area (Å²) in [5.41, 5.74) is 11.1. The molecule has 2 N–H and O–H groups in total. The highest BCUT2D eigenvalue weighted by atomic mass is 35.5. The minimum Gasteiger partial charge on any atom is -0.383 e. The number of hydrogen-bond donors (Lipinski definition) is 1. The lowest BCUT2D eigenvalue weighted by Crippen LogP contribution is -2.03. The van der Waals surface area contributed by atoms with Crippen LogP contribution in [0.15, 0.2) is 23.8 Å². The molecule has 0 atom stereocenters. The van der Waals surface area contributed by atoms with Gasteiger partial charge in [-0.15, -0.1) is 0 Å². The number of nitrogen functional groups attached to an aromatic ring is 1. The van der Waals surface area contributed by atoms with Crippen LogP contribution in [-0.2, 0) is 0 Å². The number of halogens is 2. The second-order valence-corrected chi connectivity index (χ2v) is 6.49. The van der Waals surface area contributed by atoms with E-state index in [2.05, 4.69) is 17.1 Å². The Morgan fingerprint density at radius 2 is 1.84 bits per heavy atom. The van der Waals surface area contributed by atoms with E-state index in [9.17, 15) is 10.5 Å². The Morgan fingerprint density at radius 3 is 2.44 bits per heavy atom. The highest BCUT2D eigenvalue weighted by Crippen LogP contribution is 2.44. The summed E-state index contributed by atoms with van der Waals surface area (Å²) >= 11 is 12.1. The zero-order valence-electron chi connectivity index (χ0n) is 13.5. The van der Waals surface area contributed by atoms with Crippen LogP contribution in [0.3, 0.4) is 0 Å². The number of nitrogens with zero attached hydrogens (tertiary/aromatic N) is 3. The smallest absolute Gasteiger partial charge is 0.142 e. The molecule has 0 aliphatic heterocycles. The first-order chi connectivity index (χ1) is 11.9. The zero-order valence-corrected chi connectivity index (χ0v) is 15.0. The molecule has 0 saturated carbocycles. The van der Waals surface area contributed by atoms with Crippen molar-refractivity contribution in [3.63, 3.8) is 0 Å². The lowest BCUT2D eigenvalue weighted by Gasteiger charge is -2.11. The molecule has 122 valence electrons. The molecular weight excluding hydrogens is 355 g/mol. The summed E-state index contributed by atoms with van der Waals surface area (Å²) in [7, 11) is 0. The predicted octanol–water partition coefficient (Wildman–Crippen LogP) is 5.00. The summed E-state index contributed by atoms with van der Waals surface area (Å²) in [6, 6.07) is 9.58. The van der Waals surface area contributed by atoms with Gasteiger partial charge in [-0.05, 0) is 54.3 Å². The van der Waals surface area contributed by atoms with Crippen molar-refractivity contribution >= 4 is 46.2 Å². The predicted molar refractivity (Wildman–Crippen MR) is 101 cm³/mol. The molecule has 0 saturated heterocycles. The first-order valence-electron chi connectivity index (χ1n) is 7.38. The summed E-state index contributed by atoms with van der Waals surface area (Å²) in [6.45, 7) is 3.66. The van der Waals surface area contributed by atoms with Crippen LogP contribution < -0.4 is 5.73 Å². The van der Waals surface area contributed by atoms with E-state index in [-0.39, 0.29) is 5.82 Å². The van der Waals surface area contributed by atoms with E-state index in [0.29, 0.717) is 32.4 Å². The van der Waals surface area contributed by atoms with Crippen molar-refractivity contribution < 1.29 is 0 Å². The molecule has 0 fully saturated rings. The molecule has 0 amide bonds. The van der Waals surface area contributed by atoms with Crippen molar-refractivity contribution in [2.24, 2.45) is 0 Å². The Balaban J connectivity index is 2.32. The summed E-state index contributed by atoms with van der Waals surface area (Å²) < 4.78 is 0. The van der Waals surface area contributed by atoms with Gasteiger partial charge in [0.1, 0.15) is 18.0 Å². The summed E-state index contributed by atoms with van der Waals surface area (Å²) in [5, 5.41) is 19.8. The first-order valence-corrected chi connectivity index (χ1v) is 8.13. The molecule has 1 aromatic carbocycles.